The van der Waals surface area contributed by atoms with Crippen LogP contribution in [0.4, 0.5) is 0 Å². The summed E-state index contributed by atoms with van der Waals surface area (Å²) in [5.74, 6) is -1.46. The molecule has 1 aromatic heterocycles. The molecule has 0 fully saturated rings. The number of rotatable bonds is 4. The van der Waals surface area contributed by atoms with Crippen LogP contribution in [0.2, 0.25) is 0 Å². The number of pyridine rings is 1. The number of carbonyl (C=O) groups is 2. The van der Waals surface area contributed by atoms with Crippen LogP contribution in [0.3, 0.4) is 0 Å². The molecule has 0 amide bonds. The van der Waals surface area contributed by atoms with E-state index in [1.54, 1.807) is 24.3 Å². The Morgan fingerprint density at radius 2 is 1.85 bits per heavy atom. The summed E-state index contributed by atoms with van der Waals surface area (Å²) in [5, 5.41) is 17.7. The number of carboxylic acids is 1. The summed E-state index contributed by atoms with van der Waals surface area (Å²) in [7, 11) is 0. The molecule has 20 heavy (non-hydrogen) atoms. The lowest BCUT2D eigenvalue weighted by molar-refractivity contribution is 0.0692. The predicted octanol–water partition coefficient (Wildman–Crippen LogP) is 2.08. The third-order valence-electron chi connectivity index (χ3n) is 2.75. The Balaban J connectivity index is 2.24. The molecule has 0 aliphatic heterocycles. The monoisotopic (exact) mass is 266 g/mol. The molecule has 5 heteroatoms. The van der Waals surface area contributed by atoms with Crippen LogP contribution in [0.1, 0.15) is 32.0 Å². The van der Waals surface area contributed by atoms with Gasteiger partial charge in [-0.1, -0.05) is 18.2 Å². The highest BCUT2D eigenvalue weighted by molar-refractivity contribution is 6.06. The van der Waals surface area contributed by atoms with Crippen LogP contribution >= 0.6 is 0 Å². The Labute approximate surface area is 115 Å². The fourth-order valence-corrected chi connectivity index (χ4v) is 1.77. The quantitative estimate of drug-likeness (QED) is 0.855. The second-order valence-corrected chi connectivity index (χ2v) is 4.10. The predicted molar refractivity (Wildman–Crippen MR) is 70.4 cm³/mol. The minimum atomic E-state index is -1.14. The first-order chi connectivity index (χ1) is 9.61. The number of hydrogen-bond acceptors (Lipinski definition) is 4. The molecule has 1 aromatic carbocycles. The molecule has 0 aliphatic rings. The highest BCUT2D eigenvalue weighted by Gasteiger charge is 2.16. The van der Waals surface area contributed by atoms with Crippen molar-refractivity contribution < 1.29 is 14.7 Å². The standard InChI is InChI=1S/C15H10N2O3/c16-8-10-5-6-11(17-9-10)7-14(18)12-3-1-2-4-13(12)15(19)20/h1-6,9H,7H2,(H,19,20). The molecule has 1 heterocycles. The SMILES string of the molecule is N#Cc1ccc(CC(=O)c2ccccc2C(=O)O)nc1. The normalized spacial score (nSPS) is 9.75. The van der Waals surface area contributed by atoms with Gasteiger partial charge < -0.3 is 5.11 Å². The first-order valence-corrected chi connectivity index (χ1v) is 5.82. The van der Waals surface area contributed by atoms with E-state index in [1.165, 1.54) is 18.3 Å². The van der Waals surface area contributed by atoms with Gasteiger partial charge in [0.05, 0.1) is 17.5 Å². The summed E-state index contributed by atoms with van der Waals surface area (Å²) in [6.07, 6.45) is 1.38. The van der Waals surface area contributed by atoms with Crippen LogP contribution in [-0.4, -0.2) is 21.8 Å². The molecule has 1 N–H and O–H groups in total. The van der Waals surface area contributed by atoms with E-state index in [0.29, 0.717) is 11.3 Å². The van der Waals surface area contributed by atoms with Crippen molar-refractivity contribution in [2.45, 2.75) is 6.42 Å². The van der Waals surface area contributed by atoms with E-state index in [4.69, 9.17) is 10.4 Å². The molecule has 0 unspecified atom stereocenters. The van der Waals surface area contributed by atoms with Crippen molar-refractivity contribution in [3.05, 3.63) is 65.0 Å². The number of nitrogens with zero attached hydrogens (tertiary/aromatic N) is 2. The highest BCUT2D eigenvalue weighted by atomic mass is 16.4. The highest BCUT2D eigenvalue weighted by Crippen LogP contribution is 2.12. The van der Waals surface area contributed by atoms with E-state index < -0.39 is 5.97 Å². The molecule has 0 saturated carbocycles. The van der Waals surface area contributed by atoms with Gasteiger partial charge in [0.25, 0.3) is 0 Å². The van der Waals surface area contributed by atoms with Crippen LogP contribution in [-0.2, 0) is 6.42 Å². The summed E-state index contributed by atoms with van der Waals surface area (Å²) < 4.78 is 0. The van der Waals surface area contributed by atoms with E-state index in [2.05, 4.69) is 4.98 Å². The molecular weight excluding hydrogens is 256 g/mol. The maximum Gasteiger partial charge on any atom is 0.336 e. The van der Waals surface area contributed by atoms with Crippen molar-refractivity contribution >= 4 is 11.8 Å². The lowest BCUT2D eigenvalue weighted by Crippen LogP contribution is -2.11. The van der Waals surface area contributed by atoms with Crippen molar-refractivity contribution in [1.29, 1.82) is 5.26 Å². The van der Waals surface area contributed by atoms with Crippen LogP contribution in [0.25, 0.3) is 0 Å². The minimum absolute atomic E-state index is 0.00397. The van der Waals surface area contributed by atoms with Crippen molar-refractivity contribution in [3.63, 3.8) is 0 Å². The number of benzene rings is 1. The summed E-state index contributed by atoms with van der Waals surface area (Å²) in [4.78, 5) is 27.2. The number of aromatic nitrogens is 1. The molecule has 98 valence electrons. The number of ketones is 1. The Hall–Kier alpha value is -3.00. The summed E-state index contributed by atoms with van der Waals surface area (Å²) in [6.45, 7) is 0. The van der Waals surface area contributed by atoms with Gasteiger partial charge in [-0.05, 0) is 18.2 Å². The van der Waals surface area contributed by atoms with Crippen molar-refractivity contribution in [2.24, 2.45) is 0 Å². The van der Waals surface area contributed by atoms with Gasteiger partial charge in [-0.15, -0.1) is 0 Å². The first-order valence-electron chi connectivity index (χ1n) is 5.82. The van der Waals surface area contributed by atoms with Gasteiger partial charge in [-0.25, -0.2) is 4.79 Å². The van der Waals surface area contributed by atoms with Gasteiger partial charge in [-0.2, -0.15) is 5.26 Å². The van der Waals surface area contributed by atoms with E-state index in [1.807, 2.05) is 6.07 Å². The number of carbonyl (C=O) groups excluding carboxylic acids is 1. The smallest absolute Gasteiger partial charge is 0.336 e. The molecule has 0 saturated heterocycles. The van der Waals surface area contributed by atoms with Crippen LogP contribution in [0.15, 0.2) is 42.6 Å². The maximum absolute atomic E-state index is 12.1. The van der Waals surface area contributed by atoms with E-state index in [9.17, 15) is 9.59 Å². The molecule has 0 aliphatic carbocycles. The van der Waals surface area contributed by atoms with E-state index in [-0.39, 0.29) is 23.3 Å². The van der Waals surface area contributed by atoms with Gasteiger partial charge in [0, 0.05) is 17.5 Å². The average Bonchev–Trinajstić information content (AvgIpc) is 2.48. The fourth-order valence-electron chi connectivity index (χ4n) is 1.77. The second kappa shape index (κ2) is 5.76. The lowest BCUT2D eigenvalue weighted by atomic mass is 10.0. The number of Topliss-reactive ketones (excluding diaryl/α,β-unsaturated/α-hetero) is 1. The summed E-state index contributed by atoms with van der Waals surface area (Å²) in [6, 6.07) is 11.1. The summed E-state index contributed by atoms with van der Waals surface area (Å²) >= 11 is 0. The Morgan fingerprint density at radius 3 is 2.40 bits per heavy atom. The largest absolute Gasteiger partial charge is 0.478 e. The fraction of sp³-hybridized carbons (Fsp3) is 0.0667. The Kier molecular flexibility index (Phi) is 3.87. The van der Waals surface area contributed by atoms with Gasteiger partial charge in [-0.3, -0.25) is 9.78 Å². The van der Waals surface area contributed by atoms with Gasteiger partial charge in [0.15, 0.2) is 5.78 Å². The Morgan fingerprint density at radius 1 is 1.15 bits per heavy atom. The first kappa shape index (κ1) is 13.4. The lowest BCUT2D eigenvalue weighted by Gasteiger charge is -2.04. The molecule has 0 bridgehead atoms. The van der Waals surface area contributed by atoms with Crippen molar-refractivity contribution in [3.8, 4) is 6.07 Å². The minimum Gasteiger partial charge on any atom is -0.478 e. The van der Waals surface area contributed by atoms with Gasteiger partial charge in [0.1, 0.15) is 6.07 Å². The molecule has 2 rings (SSSR count). The van der Waals surface area contributed by atoms with Crippen LogP contribution in [0, 0.1) is 11.3 Å². The second-order valence-electron chi connectivity index (χ2n) is 4.10. The topological polar surface area (TPSA) is 91.0 Å². The number of nitriles is 1. The van der Waals surface area contributed by atoms with Crippen LogP contribution in [0.5, 0.6) is 0 Å². The number of hydrogen-bond donors (Lipinski definition) is 1. The van der Waals surface area contributed by atoms with Crippen LogP contribution < -0.4 is 0 Å². The zero-order valence-corrected chi connectivity index (χ0v) is 10.4. The van der Waals surface area contributed by atoms with E-state index >= 15 is 0 Å². The van der Waals surface area contributed by atoms with Gasteiger partial charge >= 0.3 is 5.97 Å². The number of aromatic carboxylic acids is 1. The van der Waals surface area contributed by atoms with Gasteiger partial charge in [0.2, 0.25) is 0 Å². The zero-order chi connectivity index (χ0) is 14.5. The number of carboxylic acid groups (broad SMARTS) is 1. The average molecular weight is 266 g/mol. The molecule has 5 nitrogen and oxygen atoms in total. The molecule has 0 spiro atoms. The Bertz CT molecular complexity index is 700. The third kappa shape index (κ3) is 2.87. The van der Waals surface area contributed by atoms with E-state index in [0.717, 1.165) is 0 Å². The maximum atomic E-state index is 12.1. The molecule has 0 atom stereocenters. The summed E-state index contributed by atoms with van der Waals surface area (Å²) in [5.41, 5.74) is 1.04. The molecule has 0 radical (unpaired) electrons. The van der Waals surface area contributed by atoms with Crippen molar-refractivity contribution in [2.75, 3.05) is 0 Å². The molecule has 2 aromatic rings. The third-order valence-corrected chi connectivity index (χ3v) is 2.75. The van der Waals surface area contributed by atoms with Crippen molar-refractivity contribution in [1.82, 2.24) is 4.98 Å². The molecular formula is C15H10N2O3. The zero-order valence-electron chi connectivity index (χ0n) is 10.4.